The molecule has 2 N–H and O–H groups in total. The maximum Gasteiger partial charge on any atom is 0.317 e. The van der Waals surface area contributed by atoms with E-state index in [9.17, 15) is 10.2 Å². The summed E-state index contributed by atoms with van der Waals surface area (Å²) >= 11 is 0. The molecule has 12 heteroatoms. The third kappa shape index (κ3) is 17.7. The number of hydrogen-bond donors (Lipinski definition) is 2. The standard InChI is InChI=1S/C30H74O6Si6/c1-26(28(3)37(33-38(5,6)7)34-39(8,9)10)20-18-22-30(24-31,25-32)23-19-21-27(2)29(4)42(17,35-40(11,12)13)36-41(14,15)16/h26-29,31-32,37H,18-25H2,1-17H3. The van der Waals surface area contributed by atoms with Crippen molar-refractivity contribution in [2.75, 3.05) is 13.2 Å². The van der Waals surface area contributed by atoms with Crippen molar-refractivity contribution in [2.45, 2.75) is 162 Å². The summed E-state index contributed by atoms with van der Waals surface area (Å²) in [6.45, 7) is 38.9. The van der Waals surface area contributed by atoms with Gasteiger partial charge in [0, 0.05) is 11.0 Å². The van der Waals surface area contributed by atoms with Crippen LogP contribution in [-0.2, 0) is 16.5 Å². The Balaban J connectivity index is 5.28. The summed E-state index contributed by atoms with van der Waals surface area (Å²) in [6, 6.07) is 0. The Morgan fingerprint density at radius 3 is 1.24 bits per heavy atom. The Hall–Kier alpha value is 1.06. The van der Waals surface area contributed by atoms with Gasteiger partial charge in [-0.05, 0) is 115 Å². The summed E-state index contributed by atoms with van der Waals surface area (Å²) in [5.41, 5.74) is 0.389. The zero-order chi connectivity index (χ0) is 33.4. The second-order valence-electron chi connectivity index (χ2n) is 17.5. The minimum Gasteiger partial charge on any atom is -0.439 e. The second kappa shape index (κ2) is 17.3. The lowest BCUT2D eigenvalue weighted by atomic mass is 9.78. The predicted octanol–water partition coefficient (Wildman–Crippen LogP) is 9.05. The van der Waals surface area contributed by atoms with Crippen molar-refractivity contribution in [3.63, 3.8) is 0 Å². The average Bonchev–Trinajstić information content (AvgIpc) is 2.77. The van der Waals surface area contributed by atoms with Gasteiger partial charge in [-0.3, -0.25) is 0 Å². The fourth-order valence-corrected chi connectivity index (χ4v) is 27.3. The van der Waals surface area contributed by atoms with E-state index in [0.717, 1.165) is 38.5 Å². The maximum atomic E-state index is 10.4. The monoisotopic (exact) mass is 698 g/mol. The first-order chi connectivity index (χ1) is 18.7. The van der Waals surface area contributed by atoms with Gasteiger partial charge >= 0.3 is 17.8 Å². The molecule has 0 aliphatic heterocycles. The first-order valence-electron chi connectivity index (χ1n) is 16.7. The van der Waals surface area contributed by atoms with E-state index < -0.39 is 56.5 Å². The molecule has 0 saturated heterocycles. The maximum absolute atomic E-state index is 10.4. The fraction of sp³-hybridized carbons (Fsp3) is 1.00. The van der Waals surface area contributed by atoms with Crippen molar-refractivity contribution in [2.24, 2.45) is 17.3 Å². The van der Waals surface area contributed by atoms with Crippen LogP contribution in [0.2, 0.25) is 96.2 Å². The third-order valence-electron chi connectivity index (χ3n) is 8.37. The number of aliphatic hydroxyl groups excluding tert-OH is 2. The van der Waals surface area contributed by atoms with Crippen molar-refractivity contribution in [1.29, 1.82) is 0 Å². The van der Waals surface area contributed by atoms with Crippen LogP contribution >= 0.6 is 0 Å². The molecule has 254 valence electrons. The van der Waals surface area contributed by atoms with Crippen molar-refractivity contribution >= 4 is 51.1 Å². The summed E-state index contributed by atoms with van der Waals surface area (Å²) in [5.74, 6) is 0.954. The van der Waals surface area contributed by atoms with Crippen molar-refractivity contribution in [3.8, 4) is 0 Å². The van der Waals surface area contributed by atoms with Crippen LogP contribution in [-0.4, -0.2) is 74.5 Å². The Morgan fingerprint density at radius 2 is 0.929 bits per heavy atom. The lowest BCUT2D eigenvalue weighted by Crippen LogP contribution is -2.56. The lowest BCUT2D eigenvalue weighted by Gasteiger charge is -2.44. The Labute approximate surface area is 269 Å². The summed E-state index contributed by atoms with van der Waals surface area (Å²) in [6.07, 6.45) is 5.80. The zero-order valence-electron chi connectivity index (χ0n) is 31.1. The molecule has 4 unspecified atom stereocenters. The first-order valence-corrected chi connectivity index (χ1v) is 34.3. The van der Waals surface area contributed by atoms with Crippen molar-refractivity contribution in [3.05, 3.63) is 0 Å². The van der Waals surface area contributed by atoms with Gasteiger partial charge in [0.2, 0.25) is 0 Å². The highest BCUT2D eigenvalue weighted by Gasteiger charge is 2.46. The van der Waals surface area contributed by atoms with Crippen molar-refractivity contribution < 1.29 is 26.7 Å². The molecule has 0 spiro atoms. The number of hydrogen-bond acceptors (Lipinski definition) is 6. The van der Waals surface area contributed by atoms with Gasteiger partial charge in [0.1, 0.15) is 0 Å². The van der Waals surface area contributed by atoms with E-state index in [4.69, 9.17) is 16.5 Å². The Morgan fingerprint density at radius 1 is 0.571 bits per heavy atom. The quantitative estimate of drug-likeness (QED) is 0.110. The van der Waals surface area contributed by atoms with Gasteiger partial charge < -0.3 is 26.7 Å². The van der Waals surface area contributed by atoms with Crippen LogP contribution in [0.5, 0.6) is 0 Å². The molecule has 0 aromatic carbocycles. The summed E-state index contributed by atoms with van der Waals surface area (Å²) < 4.78 is 27.0. The molecule has 42 heavy (non-hydrogen) atoms. The molecule has 0 aromatic heterocycles. The molecule has 4 atom stereocenters. The number of aliphatic hydroxyl groups is 2. The minimum atomic E-state index is -2.37. The largest absolute Gasteiger partial charge is 0.439 e. The molecule has 0 aromatic rings. The molecular weight excluding hydrogens is 625 g/mol. The van der Waals surface area contributed by atoms with Crippen LogP contribution in [0, 0.1) is 17.3 Å². The van der Waals surface area contributed by atoms with Gasteiger partial charge in [0.15, 0.2) is 33.3 Å². The molecule has 0 amide bonds. The topological polar surface area (TPSA) is 77.4 Å². The minimum absolute atomic E-state index is 0.0378. The molecular formula is C30H74O6Si6. The predicted molar refractivity (Wildman–Crippen MR) is 198 cm³/mol. The second-order valence-corrected chi connectivity index (χ2v) is 42.6. The van der Waals surface area contributed by atoms with Gasteiger partial charge in [0.25, 0.3) is 0 Å². The van der Waals surface area contributed by atoms with Crippen LogP contribution in [0.3, 0.4) is 0 Å². The van der Waals surface area contributed by atoms with Crippen LogP contribution in [0.15, 0.2) is 0 Å². The van der Waals surface area contributed by atoms with Crippen molar-refractivity contribution in [1.82, 2.24) is 0 Å². The van der Waals surface area contributed by atoms with E-state index in [2.05, 4.69) is 113 Å². The zero-order valence-corrected chi connectivity index (χ0v) is 37.2. The molecule has 0 saturated carbocycles. The fourth-order valence-electron chi connectivity index (χ4n) is 5.75. The van der Waals surface area contributed by atoms with Gasteiger partial charge in [-0.25, -0.2) is 0 Å². The highest BCUT2D eigenvalue weighted by atomic mass is 28.5. The van der Waals surface area contributed by atoms with E-state index in [0.29, 0.717) is 22.9 Å². The van der Waals surface area contributed by atoms with E-state index in [-0.39, 0.29) is 13.2 Å². The van der Waals surface area contributed by atoms with E-state index in [1.54, 1.807) is 0 Å². The Bertz CT molecular complexity index is 723. The van der Waals surface area contributed by atoms with Gasteiger partial charge in [-0.2, -0.15) is 0 Å². The van der Waals surface area contributed by atoms with E-state index in [1.165, 1.54) is 0 Å². The van der Waals surface area contributed by atoms with E-state index >= 15 is 0 Å². The normalized spacial score (nSPS) is 17.4. The van der Waals surface area contributed by atoms with Crippen LogP contribution in [0.1, 0.15) is 66.2 Å². The van der Waals surface area contributed by atoms with Gasteiger partial charge in [-0.15, -0.1) is 0 Å². The molecule has 0 rings (SSSR count). The Kier molecular flexibility index (Phi) is 17.7. The SMILES string of the molecule is CC(CCCC(CO)(CO)CCCC(C)C(C)[Si](C)(O[Si](C)(C)C)O[Si](C)(C)C)C(C)[SiH](O[Si](C)(C)C)O[Si](C)(C)C. The molecule has 6 nitrogen and oxygen atoms in total. The molecule has 0 heterocycles. The highest BCUT2D eigenvalue weighted by molar-refractivity contribution is 6.88. The molecule has 0 aliphatic carbocycles. The highest BCUT2D eigenvalue weighted by Crippen LogP contribution is 2.40. The third-order valence-corrected chi connectivity index (χ3v) is 27.8. The summed E-state index contributed by atoms with van der Waals surface area (Å²) in [7, 11) is -11.1. The summed E-state index contributed by atoms with van der Waals surface area (Å²) in [5, 5.41) is 20.9. The molecule has 0 radical (unpaired) electrons. The summed E-state index contributed by atoms with van der Waals surface area (Å²) in [4.78, 5) is 0. The van der Waals surface area contributed by atoms with Gasteiger partial charge in [-0.1, -0.05) is 53.4 Å². The molecule has 0 aliphatic rings. The van der Waals surface area contributed by atoms with Crippen LogP contribution < -0.4 is 0 Å². The van der Waals surface area contributed by atoms with Crippen LogP contribution in [0.25, 0.3) is 0 Å². The molecule has 0 bridgehead atoms. The first kappa shape index (κ1) is 43.1. The molecule has 0 fully saturated rings. The smallest absolute Gasteiger partial charge is 0.317 e. The lowest BCUT2D eigenvalue weighted by molar-refractivity contribution is 0.0337. The van der Waals surface area contributed by atoms with Crippen LogP contribution in [0.4, 0.5) is 0 Å². The van der Waals surface area contributed by atoms with E-state index in [1.807, 2.05) is 0 Å². The van der Waals surface area contributed by atoms with Gasteiger partial charge in [0.05, 0.1) is 13.2 Å². The average molecular weight is 699 g/mol. The number of rotatable bonds is 22.